The minimum atomic E-state index is -0.252. The van der Waals surface area contributed by atoms with Crippen molar-refractivity contribution < 1.29 is 13.9 Å². The molecule has 1 aliphatic heterocycles. The van der Waals surface area contributed by atoms with E-state index in [1.807, 2.05) is 6.92 Å². The first-order valence-corrected chi connectivity index (χ1v) is 10.2. The molecular weight excluding hydrogens is 359 g/mol. The van der Waals surface area contributed by atoms with Crippen molar-refractivity contribution in [2.24, 2.45) is 4.99 Å². The molecule has 1 aliphatic carbocycles. The van der Waals surface area contributed by atoms with Gasteiger partial charge >= 0.3 is 0 Å². The summed E-state index contributed by atoms with van der Waals surface area (Å²) in [6.45, 7) is 3.90. The number of benzene rings is 1. The van der Waals surface area contributed by atoms with Gasteiger partial charge in [-0.05, 0) is 37.5 Å². The van der Waals surface area contributed by atoms with Gasteiger partial charge in [-0.3, -0.25) is 9.79 Å². The second-order valence-electron chi connectivity index (χ2n) is 7.66. The summed E-state index contributed by atoms with van der Waals surface area (Å²) in [4.78, 5) is 18.6. The van der Waals surface area contributed by atoms with Crippen molar-refractivity contribution in [3.05, 3.63) is 35.6 Å². The summed E-state index contributed by atoms with van der Waals surface area (Å²) in [7, 11) is 1.74. The summed E-state index contributed by atoms with van der Waals surface area (Å²) in [5.74, 6) is 0.600. The van der Waals surface area contributed by atoms with E-state index in [4.69, 9.17) is 4.74 Å². The molecule has 0 radical (unpaired) electrons. The molecule has 1 aromatic rings. The fourth-order valence-electron chi connectivity index (χ4n) is 3.98. The van der Waals surface area contributed by atoms with E-state index in [0.29, 0.717) is 32.1 Å². The van der Waals surface area contributed by atoms with Crippen molar-refractivity contribution in [1.29, 1.82) is 0 Å². The number of rotatable bonds is 5. The van der Waals surface area contributed by atoms with Crippen molar-refractivity contribution in [3.8, 4) is 0 Å². The lowest BCUT2D eigenvalue weighted by Gasteiger charge is -2.38. The van der Waals surface area contributed by atoms with E-state index in [9.17, 15) is 9.18 Å². The smallest absolute Gasteiger partial charge is 0.221 e. The minimum Gasteiger partial charge on any atom is -0.367 e. The molecule has 154 valence electrons. The van der Waals surface area contributed by atoms with Gasteiger partial charge in [-0.2, -0.15) is 0 Å². The molecule has 1 saturated carbocycles. The average molecular weight is 391 g/mol. The summed E-state index contributed by atoms with van der Waals surface area (Å²) in [5, 5.41) is 6.40. The number of carbonyl (C=O) groups excluding carboxylic acids is 1. The molecule has 1 heterocycles. The Morgan fingerprint density at radius 1 is 1.25 bits per heavy atom. The van der Waals surface area contributed by atoms with Crippen LogP contribution in [0.2, 0.25) is 0 Å². The topological polar surface area (TPSA) is 66.0 Å². The van der Waals surface area contributed by atoms with Crippen molar-refractivity contribution in [2.75, 3.05) is 26.7 Å². The molecule has 2 unspecified atom stereocenters. The number of nitrogens with one attached hydrogen (secondary N) is 2. The van der Waals surface area contributed by atoms with Crippen LogP contribution >= 0.6 is 0 Å². The first-order chi connectivity index (χ1) is 13.5. The molecule has 1 saturated heterocycles. The Labute approximate surface area is 166 Å². The van der Waals surface area contributed by atoms with Gasteiger partial charge in [-0.25, -0.2) is 4.39 Å². The summed E-state index contributed by atoms with van der Waals surface area (Å²) in [6, 6.07) is 6.79. The number of morpholine rings is 1. The highest BCUT2D eigenvalue weighted by Crippen LogP contribution is 2.25. The molecule has 1 amide bonds. The van der Waals surface area contributed by atoms with E-state index >= 15 is 0 Å². The highest BCUT2D eigenvalue weighted by atomic mass is 19.1. The minimum absolute atomic E-state index is 0.0213. The fourth-order valence-corrected chi connectivity index (χ4v) is 3.98. The van der Waals surface area contributed by atoms with Gasteiger partial charge in [-0.15, -0.1) is 0 Å². The van der Waals surface area contributed by atoms with E-state index in [0.717, 1.165) is 24.4 Å². The molecule has 6 nitrogen and oxygen atoms in total. The van der Waals surface area contributed by atoms with Crippen molar-refractivity contribution in [1.82, 2.24) is 15.5 Å². The third-order valence-corrected chi connectivity index (χ3v) is 5.37. The van der Waals surface area contributed by atoms with Crippen LogP contribution < -0.4 is 10.6 Å². The fraction of sp³-hybridized carbons (Fsp3) is 0.619. The molecule has 2 aliphatic rings. The van der Waals surface area contributed by atoms with E-state index in [-0.39, 0.29) is 23.9 Å². The molecule has 0 aromatic heterocycles. The Morgan fingerprint density at radius 3 is 2.64 bits per heavy atom. The molecule has 0 spiro atoms. The number of guanidine groups is 1. The van der Waals surface area contributed by atoms with Gasteiger partial charge in [0.2, 0.25) is 5.91 Å². The third kappa shape index (κ3) is 5.67. The maximum Gasteiger partial charge on any atom is 0.221 e. The predicted molar refractivity (Wildman–Crippen MR) is 108 cm³/mol. The monoisotopic (exact) mass is 390 g/mol. The SMILES string of the molecule is CN=C(NCCC(=O)NC1CCCC1)N1CC(C)OC(c2ccc(F)cc2)C1. The maximum absolute atomic E-state index is 13.2. The number of carbonyl (C=O) groups is 1. The van der Waals surface area contributed by atoms with Crippen LogP contribution in [0, 0.1) is 5.82 Å². The Kier molecular flexibility index (Phi) is 7.25. The number of amides is 1. The Bertz CT molecular complexity index is 673. The highest BCUT2D eigenvalue weighted by molar-refractivity contribution is 5.81. The Balaban J connectivity index is 1.51. The number of hydrogen-bond acceptors (Lipinski definition) is 3. The van der Waals surface area contributed by atoms with Crippen LogP contribution in [0.25, 0.3) is 0 Å². The maximum atomic E-state index is 13.2. The zero-order valence-corrected chi connectivity index (χ0v) is 16.8. The van der Waals surface area contributed by atoms with E-state index in [2.05, 4.69) is 20.5 Å². The molecule has 1 aromatic carbocycles. The number of nitrogens with zero attached hydrogens (tertiary/aromatic N) is 2. The van der Waals surface area contributed by atoms with Crippen LogP contribution in [0.3, 0.4) is 0 Å². The second-order valence-corrected chi connectivity index (χ2v) is 7.66. The normalized spacial score (nSPS) is 23.7. The summed E-state index contributed by atoms with van der Waals surface area (Å²) in [5.41, 5.74) is 0.948. The number of hydrogen-bond donors (Lipinski definition) is 2. The molecular formula is C21H31FN4O2. The first-order valence-electron chi connectivity index (χ1n) is 10.2. The van der Waals surface area contributed by atoms with E-state index in [1.165, 1.54) is 25.0 Å². The predicted octanol–water partition coefficient (Wildman–Crippen LogP) is 2.61. The van der Waals surface area contributed by atoms with Crippen LogP contribution in [-0.4, -0.2) is 55.6 Å². The quantitative estimate of drug-likeness (QED) is 0.599. The Morgan fingerprint density at radius 2 is 1.96 bits per heavy atom. The van der Waals surface area contributed by atoms with Gasteiger partial charge in [0.1, 0.15) is 11.9 Å². The summed E-state index contributed by atoms with van der Waals surface area (Å²) < 4.78 is 19.3. The van der Waals surface area contributed by atoms with E-state index in [1.54, 1.807) is 19.2 Å². The standard InChI is InChI=1S/C21H31FN4O2/c1-15-13-26(14-19(28-15)16-7-9-17(22)10-8-16)21(23-2)24-12-11-20(27)25-18-5-3-4-6-18/h7-10,15,18-19H,3-6,11-14H2,1-2H3,(H,23,24)(H,25,27). The van der Waals surface area contributed by atoms with E-state index < -0.39 is 0 Å². The second kappa shape index (κ2) is 9.87. The number of ether oxygens (including phenoxy) is 1. The molecule has 2 atom stereocenters. The molecule has 2 N–H and O–H groups in total. The molecule has 2 fully saturated rings. The lowest BCUT2D eigenvalue weighted by atomic mass is 10.1. The zero-order valence-electron chi connectivity index (χ0n) is 16.8. The van der Waals surface area contributed by atoms with Crippen LogP contribution in [-0.2, 0) is 9.53 Å². The highest BCUT2D eigenvalue weighted by Gasteiger charge is 2.28. The lowest BCUT2D eigenvalue weighted by molar-refractivity contribution is -0.121. The molecule has 0 bridgehead atoms. The van der Waals surface area contributed by atoms with Crippen LogP contribution in [0.15, 0.2) is 29.3 Å². The summed E-state index contributed by atoms with van der Waals surface area (Å²) >= 11 is 0. The Hall–Kier alpha value is -2.15. The van der Waals surface area contributed by atoms with Crippen LogP contribution in [0.4, 0.5) is 4.39 Å². The third-order valence-electron chi connectivity index (χ3n) is 5.37. The van der Waals surface area contributed by atoms with Gasteiger partial charge < -0.3 is 20.3 Å². The van der Waals surface area contributed by atoms with Crippen molar-refractivity contribution >= 4 is 11.9 Å². The summed E-state index contributed by atoms with van der Waals surface area (Å²) in [6.07, 6.45) is 4.91. The molecule has 7 heteroatoms. The largest absolute Gasteiger partial charge is 0.367 e. The van der Waals surface area contributed by atoms with Gasteiger partial charge in [-0.1, -0.05) is 25.0 Å². The van der Waals surface area contributed by atoms with Crippen LogP contribution in [0.5, 0.6) is 0 Å². The van der Waals surface area contributed by atoms with Gasteiger partial charge in [0.15, 0.2) is 5.96 Å². The molecule has 3 rings (SSSR count). The molecule has 28 heavy (non-hydrogen) atoms. The average Bonchev–Trinajstić information content (AvgIpc) is 3.18. The van der Waals surface area contributed by atoms with Gasteiger partial charge in [0, 0.05) is 32.6 Å². The van der Waals surface area contributed by atoms with Gasteiger partial charge in [0.05, 0.1) is 12.6 Å². The van der Waals surface area contributed by atoms with Crippen molar-refractivity contribution in [2.45, 2.75) is 57.3 Å². The van der Waals surface area contributed by atoms with Gasteiger partial charge in [0.25, 0.3) is 0 Å². The zero-order chi connectivity index (χ0) is 19.9. The van der Waals surface area contributed by atoms with Crippen molar-refractivity contribution in [3.63, 3.8) is 0 Å². The lowest BCUT2D eigenvalue weighted by Crippen LogP contribution is -2.51. The first kappa shape index (κ1) is 20.6. The number of halogens is 1. The van der Waals surface area contributed by atoms with Crippen LogP contribution in [0.1, 0.15) is 50.7 Å². The number of aliphatic imine (C=N–C) groups is 1.